The smallest absolute Gasteiger partial charge is 0.366 e. The zero-order chi connectivity index (χ0) is 79.4. The predicted molar refractivity (Wildman–Crippen MR) is 361 cm³/mol. The summed E-state index contributed by atoms with van der Waals surface area (Å²) >= 11 is 0. The lowest BCUT2D eigenvalue weighted by molar-refractivity contribution is -0.382. The first kappa shape index (κ1) is 83.8. The molecule has 20 atom stereocenters. The fraction of sp³-hybridized carbons (Fsp3) is 0.486. The number of esters is 12. The van der Waals surface area contributed by atoms with Crippen LogP contribution in [0.4, 0.5) is 0 Å². The summed E-state index contributed by atoms with van der Waals surface area (Å²) in [6, 6.07) is 25.7. The number of benzene rings is 4. The van der Waals surface area contributed by atoms with Gasteiger partial charge in [-0.25, -0.2) is 24.0 Å². The molecule has 4 aliphatic rings. The molecule has 4 fully saturated rings. The van der Waals surface area contributed by atoms with Crippen LogP contribution in [-0.2, 0) is 138 Å². The summed E-state index contributed by atoms with van der Waals surface area (Å²) in [6.07, 6.45) is -35.2. The van der Waals surface area contributed by atoms with Gasteiger partial charge in [-0.05, 0) is 55.5 Å². The number of hydrogen-bond acceptors (Lipinski definition) is 33. The van der Waals surface area contributed by atoms with Gasteiger partial charge >= 0.3 is 71.6 Å². The Bertz CT molecular complexity index is 3880. The van der Waals surface area contributed by atoms with Crippen molar-refractivity contribution in [2.75, 3.05) is 33.5 Å². The summed E-state index contributed by atoms with van der Waals surface area (Å²) in [6.45, 7) is 6.88. The van der Waals surface area contributed by atoms with E-state index in [4.69, 9.17) is 90.0 Å². The van der Waals surface area contributed by atoms with Crippen LogP contribution in [-0.4, -0.2) is 239 Å². The van der Waals surface area contributed by atoms with Crippen molar-refractivity contribution >= 4 is 83.4 Å². The van der Waals surface area contributed by atoms with Crippen molar-refractivity contribution in [3.63, 3.8) is 0 Å². The van der Waals surface area contributed by atoms with E-state index in [1.54, 1.807) is 30.3 Å². The van der Waals surface area contributed by atoms with E-state index >= 15 is 14.4 Å². The van der Waals surface area contributed by atoms with Gasteiger partial charge in [-0.1, -0.05) is 72.8 Å². The minimum atomic E-state index is -3.34. The molecule has 0 spiro atoms. The van der Waals surface area contributed by atoms with Gasteiger partial charge in [0.05, 0.1) is 60.6 Å². The molecule has 2 N–H and O–H groups in total. The van der Waals surface area contributed by atoms with Gasteiger partial charge in [0.15, 0.2) is 55.3 Å². The predicted octanol–water partition coefficient (Wildman–Crippen LogP) is 3.00. The molecule has 4 aliphatic heterocycles. The highest BCUT2D eigenvalue weighted by molar-refractivity contribution is 5.91. The minimum absolute atomic E-state index is 0.0244. The normalized spacial score (nSPS) is 27.6. The second-order valence-electron chi connectivity index (χ2n) is 25.3. The van der Waals surface area contributed by atoms with Crippen LogP contribution in [0.3, 0.4) is 0 Å². The van der Waals surface area contributed by atoms with Crippen molar-refractivity contribution in [3.8, 4) is 0 Å². The van der Waals surface area contributed by atoms with Gasteiger partial charge in [0, 0.05) is 62.3 Å². The zero-order valence-electron chi connectivity index (χ0n) is 61.0. The number of methoxy groups -OCH3 is 1. The molecule has 2 amide bonds. The summed E-state index contributed by atoms with van der Waals surface area (Å²) in [5.41, 5.74) is -0.448. The van der Waals surface area contributed by atoms with Crippen LogP contribution in [0.2, 0.25) is 0 Å². The van der Waals surface area contributed by atoms with Crippen LogP contribution in [0, 0.1) is 0 Å². The Labute approximate surface area is 623 Å². The van der Waals surface area contributed by atoms with Crippen LogP contribution in [0.5, 0.6) is 0 Å². The molecule has 588 valence electrons. The quantitative estimate of drug-likeness (QED) is 0.0583. The maximum Gasteiger partial charge on any atom is 0.366 e. The highest BCUT2D eigenvalue weighted by atomic mass is 16.8. The molecule has 0 saturated carbocycles. The zero-order valence-corrected chi connectivity index (χ0v) is 61.0. The van der Waals surface area contributed by atoms with E-state index in [2.05, 4.69) is 10.6 Å². The molecule has 4 saturated heterocycles. The Hall–Kier alpha value is -10.8. The molecule has 0 aromatic heterocycles. The molecular formula is C74H84N2O33. The fourth-order valence-corrected chi connectivity index (χ4v) is 12.5. The SMILES string of the molecule is COC(=O)C1(O[C@H]2[C@@H](OC(=O)c3ccccc3)[C@@H](COC(=O)c3ccccc3)O[C@@H](O[C@H]3[C@H](O[C@@H]4O[C@@H](C)[C@@H](OC(C)=O)[C@@H](OC(C)=O)[C@@H]4OC(C)=O)[C@@H](NC(C)=O)CO[C@@H]3COC(=O)c3ccccc3)[C@@H]2OC(=O)c2ccccc2)C[C@H](OC(C)=O)[C@@H](NC(C)=O)[C@H]([C@H](OC(C)=O)[C@@H](COC(C)=O)OC(C)=O)O1. The monoisotopic (exact) mass is 1530 g/mol. The standard InChI is InChI=1S/C74H84N2O33/c1-37-57(99-43(7)82)63(101-45(9)84)65(102-46(10)85)71(96-37)106-58-51(75-38(2)77)33-93-53(34-94-67(86)47-24-16-12-17-25-47)59(58)107-72-66(105-70(89)50-30-22-15-23-31-50)64(61(104-69(88)49-28-20-14-21-29-49)55(103-72)36-95-68(87)48-26-18-13-19-27-48)109-74(73(90)91-11)32-52(97-41(5)80)56(76-39(3)78)62(108-74)60(100-44(8)83)54(98-42(6)81)35-92-40(4)79/h12-31,37,51-66,71-72H,32-36H2,1-11H3,(H,75,77)(H,76,78)/t37-,51-,52-,53+,54+,55+,56+,57+,58+,59+,60+,61-,62+,63+,64-,65-,66+,71-,72-,74?/m0/s1. The average Bonchev–Trinajstić information content (AvgIpc) is 0.747. The van der Waals surface area contributed by atoms with Crippen molar-refractivity contribution in [2.24, 2.45) is 0 Å². The van der Waals surface area contributed by atoms with Crippen LogP contribution in [0.15, 0.2) is 121 Å². The molecule has 0 radical (unpaired) electrons. The molecule has 4 aromatic carbocycles. The second-order valence-corrected chi connectivity index (χ2v) is 25.3. The Morgan fingerprint density at radius 3 is 1.38 bits per heavy atom. The number of carbonyl (C=O) groups is 14. The molecule has 0 aliphatic carbocycles. The molecular weight excluding hydrogens is 1440 g/mol. The van der Waals surface area contributed by atoms with E-state index in [9.17, 15) is 52.7 Å². The van der Waals surface area contributed by atoms with Crippen molar-refractivity contribution < 1.29 is 157 Å². The first-order valence-electron chi connectivity index (χ1n) is 34.2. The first-order chi connectivity index (χ1) is 51.8. The van der Waals surface area contributed by atoms with E-state index in [0.29, 0.717) is 0 Å². The number of carbonyl (C=O) groups excluding carboxylic acids is 14. The van der Waals surface area contributed by atoms with Gasteiger partial charge in [-0.2, -0.15) is 0 Å². The number of rotatable bonds is 29. The topological polar surface area (TPSA) is 438 Å². The first-order valence-corrected chi connectivity index (χ1v) is 34.2. The van der Waals surface area contributed by atoms with E-state index in [-0.39, 0.29) is 22.3 Å². The molecule has 8 rings (SSSR count). The van der Waals surface area contributed by atoms with Crippen LogP contribution in [0.1, 0.15) is 117 Å². The van der Waals surface area contributed by atoms with Gasteiger partial charge in [0.25, 0.3) is 5.79 Å². The second kappa shape index (κ2) is 38.8. The van der Waals surface area contributed by atoms with Crippen LogP contribution in [0.25, 0.3) is 0 Å². The highest BCUT2D eigenvalue weighted by Gasteiger charge is 2.65. The van der Waals surface area contributed by atoms with Gasteiger partial charge < -0.3 is 101 Å². The van der Waals surface area contributed by atoms with Crippen molar-refractivity contribution in [3.05, 3.63) is 144 Å². The number of ether oxygens (including phenoxy) is 19. The van der Waals surface area contributed by atoms with Crippen LogP contribution < -0.4 is 10.6 Å². The third kappa shape index (κ3) is 22.9. The van der Waals surface area contributed by atoms with E-state index in [0.717, 1.165) is 69.4 Å². The lowest BCUT2D eigenvalue weighted by Gasteiger charge is -2.52. The van der Waals surface area contributed by atoms with E-state index < -0.39 is 238 Å². The van der Waals surface area contributed by atoms with Crippen molar-refractivity contribution in [1.82, 2.24) is 10.6 Å². The summed E-state index contributed by atoms with van der Waals surface area (Å²) in [7, 11) is 0.827. The van der Waals surface area contributed by atoms with Gasteiger partial charge in [0.2, 0.25) is 11.8 Å². The van der Waals surface area contributed by atoms with Crippen LogP contribution >= 0.6 is 0 Å². The third-order valence-corrected chi connectivity index (χ3v) is 16.9. The van der Waals surface area contributed by atoms with Gasteiger partial charge in [0.1, 0.15) is 62.5 Å². The maximum absolute atomic E-state index is 15.6. The Morgan fingerprint density at radius 1 is 0.450 bits per heavy atom. The van der Waals surface area contributed by atoms with Gasteiger partial charge in [-0.15, -0.1) is 0 Å². The lowest BCUT2D eigenvalue weighted by atomic mass is 9.87. The Balaban J connectivity index is 1.43. The molecule has 109 heavy (non-hydrogen) atoms. The molecule has 4 heterocycles. The van der Waals surface area contributed by atoms with Crippen molar-refractivity contribution in [1.29, 1.82) is 0 Å². The van der Waals surface area contributed by atoms with E-state index in [1.807, 2.05) is 0 Å². The fourth-order valence-electron chi connectivity index (χ4n) is 12.5. The molecule has 35 heteroatoms. The van der Waals surface area contributed by atoms with E-state index in [1.165, 1.54) is 97.9 Å². The summed E-state index contributed by atoms with van der Waals surface area (Å²) in [4.78, 5) is 193. The largest absolute Gasteiger partial charge is 0.465 e. The molecule has 35 nitrogen and oxygen atoms in total. The minimum Gasteiger partial charge on any atom is -0.465 e. The summed E-state index contributed by atoms with van der Waals surface area (Å²) in [5.74, 6) is -18.3. The number of amides is 2. The Morgan fingerprint density at radius 2 is 0.899 bits per heavy atom. The summed E-state index contributed by atoms with van der Waals surface area (Å²) < 4.78 is 118. The van der Waals surface area contributed by atoms with Gasteiger partial charge in [-0.3, -0.25) is 43.2 Å². The average molecular weight is 1530 g/mol. The summed E-state index contributed by atoms with van der Waals surface area (Å²) in [5, 5.41) is 5.27. The molecule has 1 unspecified atom stereocenters. The Kier molecular flexibility index (Phi) is 29.8. The number of nitrogens with one attached hydrogen (secondary N) is 2. The maximum atomic E-state index is 15.6. The molecule has 0 bridgehead atoms. The number of hydrogen-bond donors (Lipinski definition) is 2. The van der Waals surface area contributed by atoms with Crippen molar-refractivity contribution in [2.45, 2.75) is 198 Å². The third-order valence-electron chi connectivity index (χ3n) is 16.9. The highest BCUT2D eigenvalue weighted by Crippen LogP contribution is 2.43. The lowest BCUT2D eigenvalue weighted by Crippen LogP contribution is -2.72. The molecule has 4 aromatic rings.